The molecule has 2 aliphatic rings. The Morgan fingerprint density at radius 1 is 1.11 bits per heavy atom. The highest BCUT2D eigenvalue weighted by molar-refractivity contribution is 9.10. The SMILES string of the molecule is CC(=O)[C@H]1[C@H](c2ccc(Br)cc2)C(C#N)(C#N)[C@H]2c3ccccc3C=CN12. The van der Waals surface area contributed by atoms with Gasteiger partial charge in [0.05, 0.1) is 24.2 Å². The predicted octanol–water partition coefficient (Wildman–Crippen LogP) is 4.57. The molecule has 1 saturated heterocycles. The molecule has 27 heavy (non-hydrogen) atoms. The second-order valence-electron chi connectivity index (χ2n) is 6.97. The van der Waals surface area contributed by atoms with Crippen molar-refractivity contribution in [1.82, 2.24) is 4.90 Å². The number of nitrogens with zero attached hydrogens (tertiary/aromatic N) is 3. The molecular weight excluding hydrogens is 402 g/mol. The first-order chi connectivity index (χ1) is 13.0. The fourth-order valence-corrected chi connectivity index (χ4v) is 4.76. The highest BCUT2D eigenvalue weighted by Gasteiger charge is 2.63. The number of benzene rings is 2. The summed E-state index contributed by atoms with van der Waals surface area (Å²) in [5.74, 6) is -0.594. The van der Waals surface area contributed by atoms with E-state index in [1.807, 2.05) is 65.7 Å². The first-order valence-corrected chi connectivity index (χ1v) is 9.46. The van der Waals surface area contributed by atoms with Crippen LogP contribution >= 0.6 is 15.9 Å². The second-order valence-corrected chi connectivity index (χ2v) is 7.89. The van der Waals surface area contributed by atoms with Crippen molar-refractivity contribution < 1.29 is 4.79 Å². The molecule has 5 heteroatoms. The molecule has 2 aromatic carbocycles. The van der Waals surface area contributed by atoms with Crippen molar-refractivity contribution in [2.24, 2.45) is 5.41 Å². The quantitative estimate of drug-likeness (QED) is 0.717. The number of carbonyl (C=O) groups is 1. The van der Waals surface area contributed by atoms with E-state index in [9.17, 15) is 15.3 Å². The largest absolute Gasteiger partial charge is 0.357 e. The van der Waals surface area contributed by atoms with Crippen LogP contribution in [0.5, 0.6) is 0 Å². The molecule has 0 N–H and O–H groups in total. The van der Waals surface area contributed by atoms with Gasteiger partial charge in [-0.1, -0.05) is 52.3 Å². The smallest absolute Gasteiger partial charge is 0.177 e. The average molecular weight is 418 g/mol. The molecular formula is C22H16BrN3O. The van der Waals surface area contributed by atoms with Crippen molar-refractivity contribution >= 4 is 27.8 Å². The van der Waals surface area contributed by atoms with Gasteiger partial charge in [-0.15, -0.1) is 0 Å². The summed E-state index contributed by atoms with van der Waals surface area (Å²) < 4.78 is 0.908. The zero-order valence-electron chi connectivity index (χ0n) is 14.6. The average Bonchev–Trinajstić information content (AvgIpc) is 3.00. The molecule has 0 saturated carbocycles. The van der Waals surface area contributed by atoms with Gasteiger partial charge >= 0.3 is 0 Å². The van der Waals surface area contributed by atoms with E-state index < -0.39 is 23.4 Å². The number of hydrogen-bond acceptors (Lipinski definition) is 4. The van der Waals surface area contributed by atoms with Gasteiger partial charge in [-0.25, -0.2) is 0 Å². The fourth-order valence-electron chi connectivity index (χ4n) is 4.50. The maximum atomic E-state index is 12.7. The monoisotopic (exact) mass is 417 g/mol. The Morgan fingerprint density at radius 3 is 2.41 bits per heavy atom. The number of rotatable bonds is 2. The summed E-state index contributed by atoms with van der Waals surface area (Å²) in [5, 5.41) is 20.4. The van der Waals surface area contributed by atoms with E-state index in [4.69, 9.17) is 0 Å². The third kappa shape index (κ3) is 2.43. The van der Waals surface area contributed by atoms with Crippen LogP contribution in [0.25, 0.3) is 6.08 Å². The van der Waals surface area contributed by atoms with E-state index >= 15 is 0 Å². The molecule has 2 heterocycles. The Kier molecular flexibility index (Phi) is 4.13. The molecule has 132 valence electrons. The van der Waals surface area contributed by atoms with Gasteiger partial charge in [0.25, 0.3) is 0 Å². The van der Waals surface area contributed by atoms with Crippen molar-refractivity contribution in [3.05, 3.63) is 75.9 Å². The summed E-state index contributed by atoms with van der Waals surface area (Å²) in [6, 6.07) is 18.9. The Hall–Kier alpha value is -2.89. The highest BCUT2D eigenvalue weighted by atomic mass is 79.9. The molecule has 0 bridgehead atoms. The zero-order valence-corrected chi connectivity index (χ0v) is 16.2. The summed E-state index contributed by atoms with van der Waals surface area (Å²) >= 11 is 3.42. The number of ketones is 1. The van der Waals surface area contributed by atoms with Crippen LogP contribution in [0.4, 0.5) is 0 Å². The van der Waals surface area contributed by atoms with Crippen molar-refractivity contribution in [3.8, 4) is 12.1 Å². The predicted molar refractivity (Wildman–Crippen MR) is 105 cm³/mol. The third-order valence-corrected chi connectivity index (χ3v) is 6.12. The van der Waals surface area contributed by atoms with Gasteiger partial charge in [0.1, 0.15) is 0 Å². The summed E-state index contributed by atoms with van der Waals surface area (Å²) in [7, 11) is 0. The minimum Gasteiger partial charge on any atom is -0.357 e. The molecule has 0 radical (unpaired) electrons. The maximum Gasteiger partial charge on any atom is 0.177 e. The molecule has 2 aliphatic heterocycles. The van der Waals surface area contributed by atoms with E-state index in [0.717, 1.165) is 21.2 Å². The van der Waals surface area contributed by atoms with Crippen LogP contribution in [0, 0.1) is 28.1 Å². The Labute approximate surface area is 166 Å². The van der Waals surface area contributed by atoms with Crippen LogP contribution in [0.15, 0.2) is 59.2 Å². The summed E-state index contributed by atoms with van der Waals surface area (Å²) in [5.41, 5.74) is 1.34. The minimum absolute atomic E-state index is 0.0516. The van der Waals surface area contributed by atoms with Crippen LogP contribution in [-0.2, 0) is 4.79 Å². The molecule has 0 aliphatic carbocycles. The number of Topliss-reactive ketones (excluding diaryl/α,β-unsaturated/α-hetero) is 1. The standard InChI is InChI=1S/C22H16BrN3O/c1-14(27)20-19(16-6-8-17(23)9-7-16)22(12-24,13-25)21-18-5-3-2-4-15(18)10-11-26(20)21/h2-11,19-21H,1H3/t19-,20-,21+/m0/s1. The fraction of sp³-hybridized carbons (Fsp3) is 0.227. The first kappa shape index (κ1) is 17.5. The lowest BCUT2D eigenvalue weighted by Gasteiger charge is -2.34. The van der Waals surface area contributed by atoms with Gasteiger partial charge in [0.15, 0.2) is 11.2 Å². The number of fused-ring (bicyclic) bond motifs is 3. The summed E-state index contributed by atoms with van der Waals surface area (Å²) in [6.45, 7) is 1.53. The summed E-state index contributed by atoms with van der Waals surface area (Å²) in [6.07, 6.45) is 3.81. The molecule has 4 nitrogen and oxygen atoms in total. The molecule has 1 fully saturated rings. The van der Waals surface area contributed by atoms with Crippen LogP contribution < -0.4 is 0 Å². The van der Waals surface area contributed by atoms with Gasteiger partial charge in [-0.2, -0.15) is 10.5 Å². The lowest BCUT2D eigenvalue weighted by atomic mass is 9.68. The molecule has 4 rings (SSSR count). The number of halogens is 1. The highest BCUT2D eigenvalue weighted by Crippen LogP contribution is 2.59. The molecule has 0 unspecified atom stereocenters. The van der Waals surface area contributed by atoms with Gasteiger partial charge in [-0.3, -0.25) is 4.79 Å². The lowest BCUT2D eigenvalue weighted by molar-refractivity contribution is -0.121. The van der Waals surface area contributed by atoms with Crippen LogP contribution in [0.1, 0.15) is 35.6 Å². The van der Waals surface area contributed by atoms with Gasteiger partial charge in [-0.05, 0) is 41.8 Å². The van der Waals surface area contributed by atoms with Gasteiger partial charge in [0.2, 0.25) is 0 Å². The van der Waals surface area contributed by atoms with E-state index in [-0.39, 0.29) is 5.78 Å². The van der Waals surface area contributed by atoms with Crippen molar-refractivity contribution in [3.63, 3.8) is 0 Å². The Morgan fingerprint density at radius 2 is 1.78 bits per heavy atom. The van der Waals surface area contributed by atoms with Crippen LogP contribution in [0.3, 0.4) is 0 Å². The van der Waals surface area contributed by atoms with Crippen molar-refractivity contribution in [1.29, 1.82) is 10.5 Å². The molecule has 0 spiro atoms. The molecule has 3 atom stereocenters. The molecule has 2 aromatic rings. The second kappa shape index (κ2) is 6.37. The van der Waals surface area contributed by atoms with E-state index in [2.05, 4.69) is 28.1 Å². The first-order valence-electron chi connectivity index (χ1n) is 8.66. The third-order valence-electron chi connectivity index (χ3n) is 5.59. The topological polar surface area (TPSA) is 67.9 Å². The van der Waals surface area contributed by atoms with Crippen LogP contribution in [0.2, 0.25) is 0 Å². The Bertz CT molecular complexity index is 1010. The Balaban J connectivity index is 2.00. The molecule has 0 amide bonds. The van der Waals surface area contributed by atoms with E-state index in [0.29, 0.717) is 0 Å². The number of carbonyl (C=O) groups excluding carboxylic acids is 1. The maximum absolute atomic E-state index is 12.7. The number of hydrogen-bond donors (Lipinski definition) is 0. The van der Waals surface area contributed by atoms with E-state index in [1.54, 1.807) is 0 Å². The van der Waals surface area contributed by atoms with Crippen molar-refractivity contribution in [2.45, 2.75) is 24.9 Å². The van der Waals surface area contributed by atoms with Crippen LogP contribution in [-0.4, -0.2) is 16.7 Å². The minimum atomic E-state index is -1.37. The normalized spacial score (nSPS) is 24.4. The van der Waals surface area contributed by atoms with E-state index in [1.165, 1.54) is 6.92 Å². The molecule has 0 aromatic heterocycles. The summed E-state index contributed by atoms with van der Waals surface area (Å²) in [4.78, 5) is 14.6. The van der Waals surface area contributed by atoms with Gasteiger partial charge in [0, 0.05) is 16.6 Å². The number of nitriles is 2. The lowest BCUT2D eigenvalue weighted by Crippen LogP contribution is -2.36. The zero-order chi connectivity index (χ0) is 19.2. The van der Waals surface area contributed by atoms with Crippen molar-refractivity contribution in [2.75, 3.05) is 0 Å². The van der Waals surface area contributed by atoms with Gasteiger partial charge < -0.3 is 4.90 Å².